The number of aromatic nitrogens is 2. The molecule has 1 aliphatic rings. The Kier molecular flexibility index (Phi) is 5.90. The molecule has 102 valence electrons. The van der Waals surface area contributed by atoms with Gasteiger partial charge in [0.1, 0.15) is 0 Å². The predicted octanol–water partition coefficient (Wildman–Crippen LogP) is 1.58. The van der Waals surface area contributed by atoms with Crippen LogP contribution in [0.5, 0.6) is 0 Å². The van der Waals surface area contributed by atoms with Gasteiger partial charge in [-0.1, -0.05) is 6.92 Å². The third-order valence-electron chi connectivity index (χ3n) is 3.43. The maximum atomic E-state index is 6.01. The van der Waals surface area contributed by atoms with Crippen LogP contribution < -0.4 is 5.73 Å². The van der Waals surface area contributed by atoms with Gasteiger partial charge in [0.15, 0.2) is 5.96 Å². The number of piperidine rings is 1. The molecule has 0 atom stereocenters. The van der Waals surface area contributed by atoms with E-state index in [-0.39, 0.29) is 24.0 Å². The molecular weight excluding hydrogens is 341 g/mol. The van der Waals surface area contributed by atoms with Crippen molar-refractivity contribution in [3.05, 3.63) is 18.0 Å². The molecule has 0 spiro atoms. The number of guanidine groups is 1. The topological polar surface area (TPSA) is 59.4 Å². The Hall–Kier alpha value is -0.790. The van der Waals surface area contributed by atoms with Crippen LogP contribution >= 0.6 is 24.0 Å². The van der Waals surface area contributed by atoms with E-state index in [9.17, 15) is 0 Å². The Labute approximate surface area is 125 Å². The second-order valence-corrected chi connectivity index (χ2v) is 4.79. The minimum Gasteiger partial charge on any atom is -0.370 e. The van der Waals surface area contributed by atoms with E-state index >= 15 is 0 Å². The van der Waals surface area contributed by atoms with Crippen LogP contribution in [0.4, 0.5) is 0 Å². The summed E-state index contributed by atoms with van der Waals surface area (Å²) in [6.45, 7) is 4.96. The molecule has 0 aromatic carbocycles. The van der Waals surface area contributed by atoms with E-state index < -0.39 is 0 Å². The average molecular weight is 363 g/mol. The number of hydrogen-bond donors (Lipinski definition) is 1. The fraction of sp³-hybridized carbons (Fsp3) is 0.667. The van der Waals surface area contributed by atoms with Gasteiger partial charge >= 0.3 is 0 Å². The minimum atomic E-state index is 0. The van der Waals surface area contributed by atoms with Gasteiger partial charge in [0.05, 0.1) is 12.2 Å². The van der Waals surface area contributed by atoms with Gasteiger partial charge in [0.25, 0.3) is 0 Å². The second kappa shape index (κ2) is 6.96. The van der Waals surface area contributed by atoms with Gasteiger partial charge in [-0.05, 0) is 24.8 Å². The van der Waals surface area contributed by atoms with E-state index in [1.807, 2.05) is 17.8 Å². The van der Waals surface area contributed by atoms with Crippen LogP contribution in [0.3, 0.4) is 0 Å². The molecule has 1 fully saturated rings. The Morgan fingerprint density at radius 1 is 1.50 bits per heavy atom. The number of rotatable bonds is 2. The highest BCUT2D eigenvalue weighted by Crippen LogP contribution is 2.15. The van der Waals surface area contributed by atoms with Crippen molar-refractivity contribution in [2.45, 2.75) is 26.3 Å². The van der Waals surface area contributed by atoms with Crippen molar-refractivity contribution in [3.63, 3.8) is 0 Å². The Balaban J connectivity index is 0.00000162. The summed E-state index contributed by atoms with van der Waals surface area (Å²) in [5, 5.41) is 4.11. The normalized spacial score (nSPS) is 17.7. The maximum absolute atomic E-state index is 6.01. The van der Waals surface area contributed by atoms with E-state index in [1.54, 1.807) is 6.20 Å². The van der Waals surface area contributed by atoms with Crippen molar-refractivity contribution in [2.24, 2.45) is 23.7 Å². The Morgan fingerprint density at radius 2 is 2.17 bits per heavy atom. The number of nitrogens with zero attached hydrogens (tertiary/aromatic N) is 4. The lowest BCUT2D eigenvalue weighted by atomic mass is 10.00. The fourth-order valence-electron chi connectivity index (χ4n) is 2.06. The van der Waals surface area contributed by atoms with E-state index in [0.29, 0.717) is 12.5 Å². The molecular formula is C12H22IN5. The van der Waals surface area contributed by atoms with Gasteiger partial charge in [-0.25, -0.2) is 4.99 Å². The van der Waals surface area contributed by atoms with Gasteiger partial charge in [-0.3, -0.25) is 4.68 Å². The van der Waals surface area contributed by atoms with Crippen LogP contribution in [0.15, 0.2) is 17.3 Å². The average Bonchev–Trinajstić information content (AvgIpc) is 2.73. The zero-order chi connectivity index (χ0) is 12.3. The highest BCUT2D eigenvalue weighted by molar-refractivity contribution is 14.0. The molecule has 1 aromatic rings. The van der Waals surface area contributed by atoms with E-state index in [1.165, 1.54) is 12.8 Å². The molecule has 6 heteroatoms. The number of aryl methyl sites for hydroxylation is 1. The molecule has 1 aliphatic heterocycles. The summed E-state index contributed by atoms with van der Waals surface area (Å²) in [5.74, 6) is 1.48. The number of aliphatic imine (C=N–C) groups is 1. The van der Waals surface area contributed by atoms with Crippen LogP contribution in [0.2, 0.25) is 0 Å². The van der Waals surface area contributed by atoms with Crippen LogP contribution in [-0.4, -0.2) is 33.7 Å². The van der Waals surface area contributed by atoms with E-state index in [4.69, 9.17) is 5.73 Å². The molecule has 1 saturated heterocycles. The molecule has 0 saturated carbocycles. The third kappa shape index (κ3) is 3.86. The summed E-state index contributed by atoms with van der Waals surface area (Å²) in [5.41, 5.74) is 7.09. The van der Waals surface area contributed by atoms with Gasteiger partial charge in [0.2, 0.25) is 0 Å². The van der Waals surface area contributed by atoms with Crippen LogP contribution in [0.1, 0.15) is 25.5 Å². The van der Waals surface area contributed by atoms with Gasteiger partial charge in [0, 0.05) is 26.3 Å². The van der Waals surface area contributed by atoms with Gasteiger partial charge in [-0.15, -0.1) is 24.0 Å². The number of halogens is 1. The first-order valence-electron chi connectivity index (χ1n) is 6.18. The van der Waals surface area contributed by atoms with Crippen LogP contribution in [-0.2, 0) is 13.6 Å². The first-order valence-corrected chi connectivity index (χ1v) is 6.18. The summed E-state index contributed by atoms with van der Waals surface area (Å²) in [4.78, 5) is 6.61. The lowest BCUT2D eigenvalue weighted by molar-refractivity contribution is 0.277. The molecule has 0 amide bonds. The van der Waals surface area contributed by atoms with Crippen molar-refractivity contribution >= 4 is 29.9 Å². The van der Waals surface area contributed by atoms with Crippen molar-refractivity contribution in [1.29, 1.82) is 0 Å². The molecule has 1 aromatic heterocycles. The smallest absolute Gasteiger partial charge is 0.191 e. The van der Waals surface area contributed by atoms with Crippen molar-refractivity contribution in [3.8, 4) is 0 Å². The minimum absolute atomic E-state index is 0. The molecule has 0 radical (unpaired) electrons. The number of nitrogens with two attached hydrogens (primary N) is 1. The number of hydrogen-bond acceptors (Lipinski definition) is 2. The Bertz CT molecular complexity index is 393. The SMILES string of the molecule is CC1CCN(C(N)=NCc2ccnn2C)CC1.I. The second-order valence-electron chi connectivity index (χ2n) is 4.79. The highest BCUT2D eigenvalue weighted by Gasteiger charge is 2.16. The summed E-state index contributed by atoms with van der Waals surface area (Å²) < 4.78 is 1.83. The Morgan fingerprint density at radius 3 is 2.72 bits per heavy atom. The van der Waals surface area contributed by atoms with Crippen LogP contribution in [0.25, 0.3) is 0 Å². The summed E-state index contributed by atoms with van der Waals surface area (Å²) in [6.07, 6.45) is 4.20. The zero-order valence-electron chi connectivity index (χ0n) is 11.0. The summed E-state index contributed by atoms with van der Waals surface area (Å²) in [6, 6.07) is 1.97. The fourth-order valence-corrected chi connectivity index (χ4v) is 2.06. The maximum Gasteiger partial charge on any atom is 0.191 e. The third-order valence-corrected chi connectivity index (χ3v) is 3.43. The van der Waals surface area contributed by atoms with Gasteiger partial charge < -0.3 is 10.6 Å². The summed E-state index contributed by atoms with van der Waals surface area (Å²) in [7, 11) is 1.92. The zero-order valence-corrected chi connectivity index (χ0v) is 13.4. The lowest BCUT2D eigenvalue weighted by Gasteiger charge is -2.31. The predicted molar refractivity (Wildman–Crippen MR) is 83.9 cm³/mol. The largest absolute Gasteiger partial charge is 0.370 e. The molecule has 2 heterocycles. The monoisotopic (exact) mass is 363 g/mol. The van der Waals surface area contributed by atoms with E-state index in [2.05, 4.69) is 21.9 Å². The van der Waals surface area contributed by atoms with E-state index in [0.717, 1.165) is 24.7 Å². The molecule has 18 heavy (non-hydrogen) atoms. The standard InChI is InChI=1S/C12H21N5.HI/c1-10-4-7-17(8-5-10)12(13)14-9-11-3-6-15-16(11)2;/h3,6,10H,4-5,7-9H2,1-2H3,(H2,13,14);1H. The van der Waals surface area contributed by atoms with Gasteiger partial charge in [-0.2, -0.15) is 5.10 Å². The highest BCUT2D eigenvalue weighted by atomic mass is 127. The first kappa shape index (κ1) is 15.3. The van der Waals surface area contributed by atoms with Crippen molar-refractivity contribution < 1.29 is 0 Å². The number of likely N-dealkylation sites (tertiary alicyclic amines) is 1. The quantitative estimate of drug-likeness (QED) is 0.493. The van der Waals surface area contributed by atoms with Crippen molar-refractivity contribution in [2.75, 3.05) is 13.1 Å². The molecule has 2 N–H and O–H groups in total. The molecule has 0 aliphatic carbocycles. The van der Waals surface area contributed by atoms with Crippen molar-refractivity contribution in [1.82, 2.24) is 14.7 Å². The molecule has 5 nitrogen and oxygen atoms in total. The van der Waals surface area contributed by atoms with Crippen LogP contribution in [0, 0.1) is 5.92 Å². The first-order chi connectivity index (χ1) is 8.16. The molecule has 0 unspecified atom stereocenters. The summed E-state index contributed by atoms with van der Waals surface area (Å²) >= 11 is 0. The lowest BCUT2D eigenvalue weighted by Crippen LogP contribution is -2.42. The molecule has 2 rings (SSSR count). The molecule has 0 bridgehead atoms.